The van der Waals surface area contributed by atoms with Gasteiger partial charge in [-0.15, -0.1) is 0 Å². The maximum atomic E-state index is 12.8. The fraction of sp³-hybridized carbons (Fsp3) is 0.357. The lowest BCUT2D eigenvalue weighted by atomic mass is 9.77. The van der Waals surface area contributed by atoms with Crippen LogP contribution in [0.3, 0.4) is 0 Å². The molecule has 3 rings (SSSR count). The van der Waals surface area contributed by atoms with E-state index in [-0.39, 0.29) is 18.3 Å². The third-order valence-electron chi connectivity index (χ3n) is 3.68. The number of carbonyl (C=O) groups is 1. The highest BCUT2D eigenvalue weighted by molar-refractivity contribution is 5.89. The molecule has 3 N–H and O–H groups in total. The zero-order valence-electron chi connectivity index (χ0n) is 11.3. The predicted molar refractivity (Wildman–Crippen MR) is 71.6 cm³/mol. The van der Waals surface area contributed by atoms with E-state index in [9.17, 15) is 9.18 Å². The normalized spacial score (nSPS) is 16.3. The van der Waals surface area contributed by atoms with E-state index in [2.05, 4.69) is 15.5 Å². The lowest BCUT2D eigenvalue weighted by Crippen LogP contribution is -2.44. The van der Waals surface area contributed by atoms with Crippen molar-refractivity contribution in [2.24, 2.45) is 5.73 Å². The standard InChI is InChI=1S/C14H15FN4O2/c15-10-4-2-9(3-5-10)8-17-11(20)12-18-13(19-21-12)14(16)6-1-7-14/h2-5H,1,6-8,16H2,(H,17,20). The lowest BCUT2D eigenvalue weighted by molar-refractivity contribution is 0.0907. The van der Waals surface area contributed by atoms with Crippen LogP contribution in [-0.4, -0.2) is 16.0 Å². The molecule has 1 heterocycles. The fourth-order valence-corrected chi connectivity index (χ4v) is 2.16. The van der Waals surface area contributed by atoms with Crippen molar-refractivity contribution in [2.75, 3.05) is 0 Å². The highest BCUT2D eigenvalue weighted by Gasteiger charge is 2.39. The number of nitrogens with two attached hydrogens (primary N) is 1. The Morgan fingerprint density at radius 3 is 2.71 bits per heavy atom. The van der Waals surface area contributed by atoms with Crippen LogP contribution in [-0.2, 0) is 12.1 Å². The van der Waals surface area contributed by atoms with Crippen molar-refractivity contribution in [3.63, 3.8) is 0 Å². The highest BCUT2D eigenvalue weighted by atomic mass is 19.1. The number of hydrogen-bond donors (Lipinski definition) is 2. The van der Waals surface area contributed by atoms with Gasteiger partial charge < -0.3 is 15.6 Å². The maximum Gasteiger partial charge on any atom is 0.316 e. The van der Waals surface area contributed by atoms with E-state index in [1.54, 1.807) is 12.1 Å². The molecule has 1 aliphatic carbocycles. The number of nitrogens with one attached hydrogen (secondary N) is 1. The van der Waals surface area contributed by atoms with E-state index in [1.165, 1.54) is 12.1 Å². The molecule has 0 saturated heterocycles. The van der Waals surface area contributed by atoms with Gasteiger partial charge in [0.25, 0.3) is 0 Å². The summed E-state index contributed by atoms with van der Waals surface area (Å²) in [4.78, 5) is 16.0. The average molecular weight is 290 g/mol. The van der Waals surface area contributed by atoms with Crippen LogP contribution in [0.5, 0.6) is 0 Å². The van der Waals surface area contributed by atoms with Gasteiger partial charge in [-0.3, -0.25) is 4.79 Å². The van der Waals surface area contributed by atoms with Crippen LogP contribution in [0.2, 0.25) is 0 Å². The molecular weight excluding hydrogens is 275 g/mol. The van der Waals surface area contributed by atoms with Crippen molar-refractivity contribution in [3.8, 4) is 0 Å². The summed E-state index contributed by atoms with van der Waals surface area (Å²) in [6.45, 7) is 0.255. The summed E-state index contributed by atoms with van der Waals surface area (Å²) in [5, 5.41) is 6.41. The Morgan fingerprint density at radius 2 is 2.10 bits per heavy atom. The molecule has 1 fully saturated rings. The summed E-state index contributed by atoms with van der Waals surface area (Å²) in [5.74, 6) is -0.522. The van der Waals surface area contributed by atoms with Gasteiger partial charge in [0.05, 0.1) is 5.54 Å². The van der Waals surface area contributed by atoms with E-state index in [4.69, 9.17) is 10.3 Å². The molecule has 0 unspecified atom stereocenters. The molecule has 1 amide bonds. The van der Waals surface area contributed by atoms with Gasteiger partial charge in [-0.1, -0.05) is 17.3 Å². The molecule has 0 bridgehead atoms. The van der Waals surface area contributed by atoms with Crippen molar-refractivity contribution in [3.05, 3.63) is 47.4 Å². The van der Waals surface area contributed by atoms with Gasteiger partial charge in [0.15, 0.2) is 5.82 Å². The first-order valence-corrected chi connectivity index (χ1v) is 6.72. The van der Waals surface area contributed by atoms with Crippen molar-refractivity contribution in [1.29, 1.82) is 0 Å². The Morgan fingerprint density at radius 1 is 1.38 bits per heavy atom. The monoisotopic (exact) mass is 290 g/mol. The predicted octanol–water partition coefficient (Wildman–Crippen LogP) is 1.48. The van der Waals surface area contributed by atoms with Crippen LogP contribution in [0.25, 0.3) is 0 Å². The maximum absolute atomic E-state index is 12.8. The highest BCUT2D eigenvalue weighted by Crippen LogP contribution is 2.36. The van der Waals surface area contributed by atoms with E-state index >= 15 is 0 Å². The Balaban J connectivity index is 1.62. The van der Waals surface area contributed by atoms with Crippen molar-refractivity contribution in [1.82, 2.24) is 15.5 Å². The molecule has 1 aliphatic rings. The van der Waals surface area contributed by atoms with Gasteiger partial charge in [-0.2, -0.15) is 4.98 Å². The van der Waals surface area contributed by atoms with Gasteiger partial charge in [-0.05, 0) is 37.0 Å². The minimum absolute atomic E-state index is 0.108. The summed E-state index contributed by atoms with van der Waals surface area (Å²) in [5.41, 5.74) is 6.28. The van der Waals surface area contributed by atoms with Crippen LogP contribution in [0.4, 0.5) is 4.39 Å². The van der Waals surface area contributed by atoms with E-state index in [0.29, 0.717) is 5.82 Å². The first kappa shape index (κ1) is 13.7. The van der Waals surface area contributed by atoms with Crippen LogP contribution in [0.15, 0.2) is 28.8 Å². The number of rotatable bonds is 4. The first-order valence-electron chi connectivity index (χ1n) is 6.72. The number of carbonyl (C=O) groups excluding carboxylic acids is 1. The smallest absolute Gasteiger partial charge is 0.316 e. The topological polar surface area (TPSA) is 94.0 Å². The molecule has 0 aliphatic heterocycles. The Labute approximate surface area is 120 Å². The van der Waals surface area contributed by atoms with E-state index in [1.807, 2.05) is 0 Å². The van der Waals surface area contributed by atoms with Gasteiger partial charge in [0.1, 0.15) is 5.82 Å². The number of nitrogens with zero attached hydrogens (tertiary/aromatic N) is 2. The molecule has 6 nitrogen and oxygen atoms in total. The van der Waals surface area contributed by atoms with E-state index in [0.717, 1.165) is 24.8 Å². The summed E-state index contributed by atoms with van der Waals surface area (Å²) in [7, 11) is 0. The number of halogens is 1. The Kier molecular flexibility index (Phi) is 3.42. The number of benzene rings is 1. The second-order valence-corrected chi connectivity index (χ2v) is 5.24. The molecule has 2 aromatic rings. The lowest BCUT2D eigenvalue weighted by Gasteiger charge is -2.34. The van der Waals surface area contributed by atoms with Gasteiger partial charge in [-0.25, -0.2) is 4.39 Å². The molecule has 0 atom stereocenters. The van der Waals surface area contributed by atoms with Crippen LogP contribution >= 0.6 is 0 Å². The van der Waals surface area contributed by atoms with E-state index < -0.39 is 11.4 Å². The zero-order chi connectivity index (χ0) is 14.9. The number of hydrogen-bond acceptors (Lipinski definition) is 5. The zero-order valence-corrected chi connectivity index (χ0v) is 11.3. The largest absolute Gasteiger partial charge is 0.344 e. The molecule has 21 heavy (non-hydrogen) atoms. The van der Waals surface area contributed by atoms with Crippen LogP contribution in [0, 0.1) is 5.82 Å². The second-order valence-electron chi connectivity index (χ2n) is 5.24. The van der Waals surface area contributed by atoms with Crippen molar-refractivity contribution in [2.45, 2.75) is 31.3 Å². The molecule has 1 aromatic carbocycles. The molecule has 0 spiro atoms. The molecule has 0 radical (unpaired) electrons. The average Bonchev–Trinajstić information content (AvgIpc) is 2.94. The van der Waals surface area contributed by atoms with Crippen LogP contribution < -0.4 is 11.1 Å². The van der Waals surface area contributed by atoms with Crippen molar-refractivity contribution >= 4 is 5.91 Å². The summed E-state index contributed by atoms with van der Waals surface area (Å²) in [6.07, 6.45) is 2.61. The molecule has 1 saturated carbocycles. The third-order valence-corrected chi connectivity index (χ3v) is 3.68. The van der Waals surface area contributed by atoms with Crippen LogP contribution in [0.1, 0.15) is 41.3 Å². The second kappa shape index (κ2) is 5.25. The molecule has 110 valence electrons. The summed E-state index contributed by atoms with van der Waals surface area (Å²) in [6, 6.07) is 5.86. The van der Waals surface area contributed by atoms with Gasteiger partial charge in [0.2, 0.25) is 0 Å². The third kappa shape index (κ3) is 2.78. The fourth-order valence-electron chi connectivity index (χ4n) is 2.16. The minimum atomic E-state index is -0.557. The number of aromatic nitrogens is 2. The SMILES string of the molecule is NC1(c2noc(C(=O)NCc3ccc(F)cc3)n2)CCC1. The minimum Gasteiger partial charge on any atom is -0.344 e. The molecule has 1 aromatic heterocycles. The van der Waals surface area contributed by atoms with Crippen molar-refractivity contribution < 1.29 is 13.7 Å². The number of amides is 1. The summed E-state index contributed by atoms with van der Waals surface area (Å²) < 4.78 is 17.7. The first-order chi connectivity index (χ1) is 10.1. The molecular formula is C14H15FN4O2. The summed E-state index contributed by atoms with van der Waals surface area (Å²) >= 11 is 0. The van der Waals surface area contributed by atoms with Gasteiger partial charge >= 0.3 is 11.8 Å². The van der Waals surface area contributed by atoms with Gasteiger partial charge in [0, 0.05) is 6.54 Å². The molecule has 7 heteroatoms. The Bertz CT molecular complexity index is 649. The quantitative estimate of drug-likeness (QED) is 0.889. The Hall–Kier alpha value is -2.28.